The van der Waals surface area contributed by atoms with E-state index in [9.17, 15) is 13.6 Å². The van der Waals surface area contributed by atoms with E-state index < -0.39 is 0 Å². The van der Waals surface area contributed by atoms with Crippen molar-refractivity contribution in [2.45, 2.75) is 31.8 Å². The number of thioether (sulfide) groups is 1. The number of rotatable bonds is 6. The van der Waals surface area contributed by atoms with E-state index in [4.69, 9.17) is 0 Å². The van der Waals surface area contributed by atoms with Crippen LogP contribution in [-0.2, 0) is 11.3 Å². The first-order valence-electron chi connectivity index (χ1n) is 9.09. The molecule has 1 atom stereocenters. The number of nitrogens with zero attached hydrogens (tertiary/aromatic N) is 2. The van der Waals surface area contributed by atoms with Crippen LogP contribution in [0.4, 0.5) is 8.78 Å². The normalized spacial score (nSPS) is 17.1. The van der Waals surface area contributed by atoms with Gasteiger partial charge in [-0.15, -0.1) is 11.8 Å². The molecule has 1 aliphatic rings. The molecular weight excluding hydrogens is 366 g/mol. The second-order valence-electron chi connectivity index (χ2n) is 6.95. The van der Waals surface area contributed by atoms with Crippen LogP contribution in [0.1, 0.15) is 30.3 Å². The van der Waals surface area contributed by atoms with Crippen LogP contribution < -0.4 is 0 Å². The largest absolute Gasteiger partial charge is 0.325 e. The summed E-state index contributed by atoms with van der Waals surface area (Å²) in [4.78, 5) is 16.8. The number of amides is 1. The Morgan fingerprint density at radius 2 is 1.89 bits per heavy atom. The lowest BCUT2D eigenvalue weighted by molar-refractivity contribution is -0.133. The van der Waals surface area contributed by atoms with Crippen LogP contribution in [0.15, 0.2) is 48.5 Å². The predicted octanol–water partition coefficient (Wildman–Crippen LogP) is 4.45. The van der Waals surface area contributed by atoms with Gasteiger partial charge in [-0.05, 0) is 37.6 Å². The summed E-state index contributed by atoms with van der Waals surface area (Å²) in [5.74, 6) is 0.328. The lowest BCUT2D eigenvalue weighted by atomic mass is 10.1. The van der Waals surface area contributed by atoms with E-state index in [0.29, 0.717) is 18.7 Å². The second kappa shape index (κ2) is 8.85. The molecule has 0 aliphatic carbocycles. The third kappa shape index (κ3) is 4.87. The van der Waals surface area contributed by atoms with Crippen LogP contribution >= 0.6 is 11.8 Å². The molecule has 0 bridgehead atoms. The fraction of sp³-hybridized carbons (Fsp3) is 0.381. The zero-order chi connectivity index (χ0) is 19.4. The van der Waals surface area contributed by atoms with Crippen molar-refractivity contribution >= 4 is 17.7 Å². The van der Waals surface area contributed by atoms with Gasteiger partial charge in [-0.2, -0.15) is 0 Å². The zero-order valence-electron chi connectivity index (χ0n) is 15.6. The van der Waals surface area contributed by atoms with Crippen molar-refractivity contribution in [2.24, 2.45) is 0 Å². The molecule has 1 fully saturated rings. The van der Waals surface area contributed by atoms with Crippen LogP contribution in [0.2, 0.25) is 0 Å². The molecule has 0 N–H and O–H groups in total. The first-order chi connectivity index (χ1) is 13.0. The Morgan fingerprint density at radius 1 is 1.19 bits per heavy atom. The first kappa shape index (κ1) is 19.8. The number of carbonyl (C=O) groups excluding carboxylic acids is 1. The van der Waals surface area contributed by atoms with Crippen LogP contribution in [0.25, 0.3) is 0 Å². The maximum absolute atomic E-state index is 14.0. The molecule has 1 heterocycles. The van der Waals surface area contributed by atoms with Crippen LogP contribution in [0.3, 0.4) is 0 Å². The van der Waals surface area contributed by atoms with Crippen molar-refractivity contribution in [1.82, 2.24) is 9.80 Å². The van der Waals surface area contributed by atoms with Gasteiger partial charge in [-0.3, -0.25) is 9.69 Å². The molecular formula is C21H24F2N2OS. The molecule has 6 heteroatoms. The average molecular weight is 390 g/mol. The first-order valence-corrected chi connectivity index (χ1v) is 10.1. The van der Waals surface area contributed by atoms with Crippen molar-refractivity contribution in [3.8, 4) is 0 Å². The van der Waals surface area contributed by atoms with Gasteiger partial charge >= 0.3 is 0 Å². The third-order valence-electron chi connectivity index (χ3n) is 4.77. The Balaban J connectivity index is 1.71. The van der Waals surface area contributed by atoms with E-state index in [-0.39, 0.29) is 35.5 Å². The summed E-state index contributed by atoms with van der Waals surface area (Å²) < 4.78 is 27.2. The fourth-order valence-corrected chi connectivity index (χ4v) is 4.44. The minimum Gasteiger partial charge on any atom is -0.325 e. The molecule has 1 amide bonds. The van der Waals surface area contributed by atoms with Crippen molar-refractivity contribution in [3.63, 3.8) is 0 Å². The summed E-state index contributed by atoms with van der Waals surface area (Å²) in [6.07, 6.45) is 0. The molecule has 1 aliphatic heterocycles. The standard InChI is InChI=1S/C21H24F2N2OS/c1-15(2)24(13-17-5-3-4-6-19(17)23)14-20(26)25-11-12-27-21(25)16-7-9-18(22)10-8-16/h3-10,15,21H,11-14H2,1-2H3/t21-/m0/s1. The minimum atomic E-state index is -0.282. The van der Waals surface area contributed by atoms with Gasteiger partial charge in [0, 0.05) is 30.4 Å². The highest BCUT2D eigenvalue weighted by atomic mass is 32.2. The molecule has 144 valence electrons. The molecule has 0 unspecified atom stereocenters. The third-order valence-corrected chi connectivity index (χ3v) is 6.03. The second-order valence-corrected chi connectivity index (χ2v) is 8.14. The quantitative estimate of drug-likeness (QED) is 0.728. The Morgan fingerprint density at radius 3 is 2.56 bits per heavy atom. The van der Waals surface area contributed by atoms with E-state index in [1.807, 2.05) is 23.6 Å². The molecule has 0 aromatic heterocycles. The average Bonchev–Trinajstić information content (AvgIpc) is 3.13. The molecule has 0 spiro atoms. The van der Waals surface area contributed by atoms with E-state index in [1.165, 1.54) is 18.2 Å². The molecule has 2 aromatic rings. The van der Waals surface area contributed by atoms with Crippen molar-refractivity contribution in [3.05, 3.63) is 71.3 Å². The van der Waals surface area contributed by atoms with Gasteiger partial charge in [0.15, 0.2) is 0 Å². The van der Waals surface area contributed by atoms with Gasteiger partial charge in [0.2, 0.25) is 5.91 Å². The summed E-state index contributed by atoms with van der Waals surface area (Å²) in [7, 11) is 0. The van der Waals surface area contributed by atoms with Crippen molar-refractivity contribution in [1.29, 1.82) is 0 Å². The molecule has 0 saturated carbocycles. The number of hydrogen-bond donors (Lipinski definition) is 0. The Hall–Kier alpha value is -1.92. The lowest BCUT2D eigenvalue weighted by Crippen LogP contribution is -2.42. The maximum atomic E-state index is 14.0. The summed E-state index contributed by atoms with van der Waals surface area (Å²) in [6, 6.07) is 13.1. The number of hydrogen-bond acceptors (Lipinski definition) is 3. The number of halogens is 2. The van der Waals surface area contributed by atoms with E-state index >= 15 is 0 Å². The number of benzene rings is 2. The van der Waals surface area contributed by atoms with Crippen LogP contribution in [-0.4, -0.2) is 40.6 Å². The van der Waals surface area contributed by atoms with Gasteiger partial charge in [0.1, 0.15) is 17.0 Å². The summed E-state index contributed by atoms with van der Waals surface area (Å²) in [6.45, 7) is 5.29. The summed E-state index contributed by atoms with van der Waals surface area (Å²) in [5.41, 5.74) is 1.52. The topological polar surface area (TPSA) is 23.6 Å². The van der Waals surface area contributed by atoms with E-state index in [1.54, 1.807) is 42.1 Å². The van der Waals surface area contributed by atoms with Gasteiger partial charge in [0.05, 0.1) is 6.54 Å². The highest BCUT2D eigenvalue weighted by Gasteiger charge is 2.31. The van der Waals surface area contributed by atoms with Crippen molar-refractivity contribution < 1.29 is 13.6 Å². The zero-order valence-corrected chi connectivity index (χ0v) is 16.4. The smallest absolute Gasteiger partial charge is 0.237 e. The van der Waals surface area contributed by atoms with E-state index in [0.717, 1.165) is 11.3 Å². The predicted molar refractivity (Wildman–Crippen MR) is 105 cm³/mol. The van der Waals surface area contributed by atoms with Gasteiger partial charge in [0.25, 0.3) is 0 Å². The molecule has 1 saturated heterocycles. The van der Waals surface area contributed by atoms with Crippen LogP contribution in [0, 0.1) is 11.6 Å². The lowest BCUT2D eigenvalue weighted by Gasteiger charge is -2.30. The Labute approximate surface area is 163 Å². The summed E-state index contributed by atoms with van der Waals surface area (Å²) >= 11 is 1.68. The monoisotopic (exact) mass is 390 g/mol. The highest BCUT2D eigenvalue weighted by Crippen LogP contribution is 2.38. The fourth-order valence-electron chi connectivity index (χ4n) is 3.16. The van der Waals surface area contributed by atoms with Crippen molar-refractivity contribution in [2.75, 3.05) is 18.8 Å². The molecule has 27 heavy (non-hydrogen) atoms. The van der Waals surface area contributed by atoms with Gasteiger partial charge in [-0.1, -0.05) is 30.3 Å². The van der Waals surface area contributed by atoms with E-state index in [2.05, 4.69) is 0 Å². The molecule has 3 rings (SSSR count). The number of carbonyl (C=O) groups is 1. The highest BCUT2D eigenvalue weighted by molar-refractivity contribution is 7.99. The van der Waals surface area contributed by atoms with Gasteiger partial charge < -0.3 is 4.90 Å². The minimum absolute atomic E-state index is 0.0133. The van der Waals surface area contributed by atoms with Crippen LogP contribution in [0.5, 0.6) is 0 Å². The van der Waals surface area contributed by atoms with Gasteiger partial charge in [-0.25, -0.2) is 8.78 Å². The molecule has 2 aromatic carbocycles. The Bertz CT molecular complexity index is 782. The molecule has 3 nitrogen and oxygen atoms in total. The summed E-state index contributed by atoms with van der Waals surface area (Å²) in [5, 5.41) is -0.0967. The molecule has 0 radical (unpaired) electrons. The Kier molecular flexibility index (Phi) is 6.50. The SMILES string of the molecule is CC(C)N(CC(=O)N1CCS[C@H]1c1ccc(F)cc1)Cc1ccccc1F. The maximum Gasteiger partial charge on any atom is 0.237 e.